The second kappa shape index (κ2) is 8.79. The maximum Gasteiger partial charge on any atom is 0.288 e. The molecule has 0 spiro atoms. The van der Waals surface area contributed by atoms with Crippen LogP contribution in [0.5, 0.6) is 0 Å². The second-order valence-corrected chi connectivity index (χ2v) is 10.1. The summed E-state index contributed by atoms with van der Waals surface area (Å²) < 4.78 is 35.9. The molecule has 170 valence electrons. The van der Waals surface area contributed by atoms with E-state index in [1.165, 1.54) is 21.1 Å². The number of carbonyl (C=O) groups excluding carboxylic acids is 1. The number of hydrogen-bond acceptors (Lipinski definition) is 7. The Bertz CT molecular complexity index is 1300. The first kappa shape index (κ1) is 22.7. The normalized spacial score (nSPS) is 15.8. The van der Waals surface area contributed by atoms with Gasteiger partial charge in [-0.3, -0.25) is 9.69 Å². The molecule has 1 aliphatic heterocycles. The fraction of sp³-hybridized carbons (Fsp3) is 0.316. The molecule has 1 saturated heterocycles. The number of piperazine rings is 1. The third-order valence-corrected chi connectivity index (χ3v) is 7.64. The zero-order valence-electron chi connectivity index (χ0n) is 17.1. The standard InChI is InChI=1S/C19H21ClN6O4S2/c1-23-11-15(10-16(23)17(21)27)32(28,29)25-8-6-24(7-9-25)12-26-19(31)30-18(22-26)13-2-4-14(20)5-3-13/h2-5,10-11H,6-9,12H2,1H3,(H2,21,27). The highest BCUT2D eigenvalue weighted by molar-refractivity contribution is 7.89. The molecule has 1 amide bonds. The number of sulfonamides is 1. The minimum Gasteiger partial charge on any atom is -0.409 e. The minimum atomic E-state index is -3.73. The van der Waals surface area contributed by atoms with Crippen molar-refractivity contribution in [3.8, 4) is 11.5 Å². The first-order valence-electron chi connectivity index (χ1n) is 9.68. The van der Waals surface area contributed by atoms with E-state index in [2.05, 4.69) is 5.10 Å². The van der Waals surface area contributed by atoms with Crippen LogP contribution in [0.15, 0.2) is 45.8 Å². The fourth-order valence-corrected chi connectivity index (χ4v) is 5.27. The summed E-state index contributed by atoms with van der Waals surface area (Å²) in [5.74, 6) is -0.289. The third-order valence-electron chi connectivity index (χ3n) is 5.23. The lowest BCUT2D eigenvalue weighted by atomic mass is 10.2. The van der Waals surface area contributed by atoms with Gasteiger partial charge in [0, 0.05) is 50.0 Å². The Morgan fingerprint density at radius 1 is 1.22 bits per heavy atom. The van der Waals surface area contributed by atoms with Crippen LogP contribution in [0.25, 0.3) is 11.5 Å². The van der Waals surface area contributed by atoms with Crippen molar-refractivity contribution >= 4 is 39.7 Å². The minimum absolute atomic E-state index is 0.0496. The van der Waals surface area contributed by atoms with Gasteiger partial charge in [0.15, 0.2) is 0 Å². The highest BCUT2D eigenvalue weighted by Crippen LogP contribution is 2.22. The van der Waals surface area contributed by atoms with Crippen LogP contribution in [0.3, 0.4) is 0 Å². The number of benzene rings is 1. The lowest BCUT2D eigenvalue weighted by molar-refractivity contribution is 0.0992. The van der Waals surface area contributed by atoms with Crippen LogP contribution in [0.2, 0.25) is 5.02 Å². The third kappa shape index (κ3) is 4.50. The van der Waals surface area contributed by atoms with E-state index in [1.54, 1.807) is 36.0 Å². The van der Waals surface area contributed by atoms with Crippen molar-refractivity contribution in [1.29, 1.82) is 0 Å². The first-order valence-corrected chi connectivity index (χ1v) is 11.9. The molecule has 1 fully saturated rings. The number of amides is 1. The molecule has 3 heterocycles. The summed E-state index contributed by atoms with van der Waals surface area (Å²) in [5.41, 5.74) is 6.19. The molecule has 0 atom stereocenters. The average molecular weight is 497 g/mol. The van der Waals surface area contributed by atoms with Crippen LogP contribution in [0.1, 0.15) is 10.5 Å². The molecule has 13 heteroatoms. The van der Waals surface area contributed by atoms with Crippen molar-refractivity contribution in [2.45, 2.75) is 11.6 Å². The van der Waals surface area contributed by atoms with Gasteiger partial charge in [0.25, 0.3) is 10.7 Å². The van der Waals surface area contributed by atoms with E-state index in [0.29, 0.717) is 43.8 Å². The molecule has 3 aromatic rings. The molecule has 0 radical (unpaired) electrons. The van der Waals surface area contributed by atoms with Crippen LogP contribution >= 0.6 is 23.8 Å². The van der Waals surface area contributed by atoms with E-state index in [-0.39, 0.29) is 15.4 Å². The quantitative estimate of drug-likeness (QED) is 0.518. The van der Waals surface area contributed by atoms with Crippen LogP contribution in [0.4, 0.5) is 0 Å². The first-order chi connectivity index (χ1) is 15.1. The monoisotopic (exact) mass is 496 g/mol. The molecule has 1 aromatic carbocycles. The summed E-state index contributed by atoms with van der Waals surface area (Å²) in [6.45, 7) is 1.93. The highest BCUT2D eigenvalue weighted by Gasteiger charge is 2.30. The van der Waals surface area contributed by atoms with E-state index >= 15 is 0 Å². The van der Waals surface area contributed by atoms with E-state index < -0.39 is 15.9 Å². The number of hydrogen-bond donors (Lipinski definition) is 1. The Balaban J connectivity index is 1.42. The van der Waals surface area contributed by atoms with Crippen molar-refractivity contribution in [3.63, 3.8) is 0 Å². The molecule has 0 saturated carbocycles. The average Bonchev–Trinajstić information content (AvgIpc) is 3.32. The lowest BCUT2D eigenvalue weighted by Gasteiger charge is -2.33. The van der Waals surface area contributed by atoms with Crippen LogP contribution < -0.4 is 5.73 Å². The number of aryl methyl sites for hydroxylation is 1. The topological polar surface area (TPSA) is 120 Å². The Morgan fingerprint density at radius 3 is 2.47 bits per heavy atom. The Labute approximate surface area is 194 Å². The van der Waals surface area contributed by atoms with Gasteiger partial charge in [0.1, 0.15) is 10.6 Å². The van der Waals surface area contributed by atoms with E-state index in [0.717, 1.165) is 5.56 Å². The molecule has 0 bridgehead atoms. The van der Waals surface area contributed by atoms with Crippen molar-refractivity contribution in [1.82, 2.24) is 23.6 Å². The van der Waals surface area contributed by atoms with Gasteiger partial charge in [0.05, 0.1) is 6.67 Å². The predicted molar refractivity (Wildman–Crippen MR) is 120 cm³/mol. The Hall–Kier alpha value is -2.51. The molecule has 0 aliphatic carbocycles. The van der Waals surface area contributed by atoms with Crippen LogP contribution in [-0.4, -0.2) is 64.1 Å². The fourth-order valence-electron chi connectivity index (χ4n) is 3.47. The maximum atomic E-state index is 13.0. The summed E-state index contributed by atoms with van der Waals surface area (Å²) in [6.07, 6.45) is 1.40. The summed E-state index contributed by atoms with van der Waals surface area (Å²) in [4.78, 5) is 13.8. The van der Waals surface area contributed by atoms with Crippen LogP contribution in [0, 0.1) is 4.84 Å². The van der Waals surface area contributed by atoms with Crippen LogP contribution in [-0.2, 0) is 23.7 Å². The summed E-state index contributed by atoms with van der Waals surface area (Å²) in [7, 11) is -2.15. The van der Waals surface area contributed by atoms with Gasteiger partial charge in [-0.25, -0.2) is 13.1 Å². The molecule has 2 aromatic heterocycles. The van der Waals surface area contributed by atoms with Crippen molar-refractivity contribution in [2.75, 3.05) is 26.2 Å². The number of halogens is 1. The highest BCUT2D eigenvalue weighted by atomic mass is 35.5. The molecule has 32 heavy (non-hydrogen) atoms. The number of carbonyl (C=O) groups is 1. The van der Waals surface area contributed by atoms with E-state index in [4.69, 9.17) is 34.0 Å². The Kier molecular flexibility index (Phi) is 6.23. The maximum absolute atomic E-state index is 13.0. The number of rotatable bonds is 6. The Morgan fingerprint density at radius 2 is 1.88 bits per heavy atom. The molecule has 1 aliphatic rings. The summed E-state index contributed by atoms with van der Waals surface area (Å²) >= 11 is 11.2. The summed E-state index contributed by atoms with van der Waals surface area (Å²) in [6, 6.07) is 8.38. The van der Waals surface area contributed by atoms with Gasteiger partial charge in [-0.1, -0.05) is 11.6 Å². The van der Waals surface area contributed by atoms with Crippen molar-refractivity contribution < 1.29 is 17.6 Å². The van der Waals surface area contributed by atoms with Gasteiger partial charge in [-0.15, -0.1) is 5.10 Å². The van der Waals surface area contributed by atoms with E-state index in [1.807, 2.05) is 4.90 Å². The van der Waals surface area contributed by atoms with E-state index in [9.17, 15) is 13.2 Å². The molecular formula is C19H21ClN6O4S2. The van der Waals surface area contributed by atoms with Gasteiger partial charge in [0.2, 0.25) is 15.9 Å². The second-order valence-electron chi connectivity index (χ2n) is 7.38. The molecular weight excluding hydrogens is 476 g/mol. The SMILES string of the molecule is Cn1cc(S(=O)(=O)N2CCN(Cn3nc(-c4ccc(Cl)cc4)oc3=S)CC2)cc1C(N)=O. The molecule has 10 nitrogen and oxygen atoms in total. The summed E-state index contributed by atoms with van der Waals surface area (Å²) in [5, 5.41) is 5.04. The van der Waals surface area contributed by atoms with Gasteiger partial charge in [-0.2, -0.15) is 4.31 Å². The number of nitrogens with zero attached hydrogens (tertiary/aromatic N) is 5. The van der Waals surface area contributed by atoms with Gasteiger partial charge < -0.3 is 14.7 Å². The number of nitrogens with two attached hydrogens (primary N) is 1. The van der Waals surface area contributed by atoms with Crippen molar-refractivity contribution in [2.24, 2.45) is 12.8 Å². The van der Waals surface area contributed by atoms with Gasteiger partial charge >= 0.3 is 0 Å². The largest absolute Gasteiger partial charge is 0.409 e. The predicted octanol–water partition coefficient (Wildman–Crippen LogP) is 1.93. The zero-order valence-corrected chi connectivity index (χ0v) is 19.5. The number of primary amides is 1. The lowest BCUT2D eigenvalue weighted by Crippen LogP contribution is -2.48. The van der Waals surface area contributed by atoms with Gasteiger partial charge in [-0.05, 0) is 42.5 Å². The molecule has 0 unspecified atom stereocenters. The number of aromatic nitrogens is 3. The molecule has 2 N–H and O–H groups in total. The molecule has 4 rings (SSSR count). The zero-order chi connectivity index (χ0) is 23.0. The smallest absolute Gasteiger partial charge is 0.288 e. The van der Waals surface area contributed by atoms with Crippen molar-refractivity contribution in [3.05, 3.63) is 52.1 Å².